The lowest BCUT2D eigenvalue weighted by Gasteiger charge is -2.26. The predicted molar refractivity (Wildman–Crippen MR) is 108 cm³/mol. The number of nitrogens with one attached hydrogen (secondary N) is 2. The molecule has 0 spiro atoms. The molecule has 0 aliphatic heterocycles. The maximum atomic E-state index is 12.6. The van der Waals surface area contributed by atoms with E-state index >= 15 is 0 Å². The third-order valence-corrected chi connectivity index (χ3v) is 5.74. The van der Waals surface area contributed by atoms with Crippen molar-refractivity contribution >= 4 is 38.5 Å². The number of benzene rings is 2. The van der Waals surface area contributed by atoms with Crippen LogP contribution in [0.3, 0.4) is 0 Å². The number of thiazole rings is 1. The lowest BCUT2D eigenvalue weighted by Crippen LogP contribution is -2.32. The molecule has 0 fully saturated rings. The van der Waals surface area contributed by atoms with Crippen LogP contribution in [0, 0.1) is 0 Å². The molecule has 2 N–H and O–H groups in total. The third-order valence-electron chi connectivity index (χ3n) is 4.81. The Kier molecular flexibility index (Phi) is 4.90. The van der Waals surface area contributed by atoms with Gasteiger partial charge < -0.3 is 10.6 Å². The van der Waals surface area contributed by atoms with Crippen LogP contribution in [0.15, 0.2) is 42.5 Å². The molecule has 0 saturated carbocycles. The molecule has 138 valence electrons. The minimum absolute atomic E-state index is 0.0302. The molecular weight excluding hydrogens is 358 g/mol. The smallest absolute Gasteiger partial charge is 0.224 e. The summed E-state index contributed by atoms with van der Waals surface area (Å²) in [6, 6.07) is 14.3. The van der Waals surface area contributed by atoms with E-state index in [0.717, 1.165) is 35.0 Å². The molecule has 1 aliphatic carbocycles. The van der Waals surface area contributed by atoms with Gasteiger partial charge >= 0.3 is 0 Å². The van der Waals surface area contributed by atoms with Gasteiger partial charge in [-0.25, -0.2) is 4.98 Å². The maximum absolute atomic E-state index is 12.6. The number of aromatic nitrogens is 1. The van der Waals surface area contributed by atoms with E-state index in [0.29, 0.717) is 11.6 Å². The van der Waals surface area contributed by atoms with Crippen LogP contribution in [0.2, 0.25) is 0 Å². The first-order chi connectivity index (χ1) is 13.1. The van der Waals surface area contributed by atoms with Crippen LogP contribution < -0.4 is 10.6 Å². The average Bonchev–Trinajstić information content (AvgIpc) is 3.02. The van der Waals surface area contributed by atoms with E-state index in [1.54, 1.807) is 0 Å². The highest BCUT2D eigenvalue weighted by Gasteiger charge is 2.21. The zero-order valence-electron chi connectivity index (χ0n) is 15.1. The number of hydrogen-bond donors (Lipinski definition) is 2. The zero-order valence-corrected chi connectivity index (χ0v) is 15.9. The highest BCUT2D eigenvalue weighted by atomic mass is 32.1. The molecule has 3 aromatic rings. The summed E-state index contributed by atoms with van der Waals surface area (Å²) in [6.45, 7) is 1.46. The van der Waals surface area contributed by atoms with Crippen LogP contribution in [0.4, 0.5) is 5.13 Å². The Labute approximate surface area is 161 Å². The topological polar surface area (TPSA) is 71.1 Å². The third kappa shape index (κ3) is 4.01. The predicted octanol–water partition coefficient (Wildman–Crippen LogP) is 3.99. The highest BCUT2D eigenvalue weighted by Crippen LogP contribution is 2.30. The largest absolute Gasteiger partial charge is 0.349 e. The van der Waals surface area contributed by atoms with Gasteiger partial charge in [-0.1, -0.05) is 41.7 Å². The van der Waals surface area contributed by atoms with Crippen molar-refractivity contribution in [3.05, 3.63) is 59.2 Å². The number of carbonyl (C=O) groups is 2. The molecule has 6 heteroatoms. The van der Waals surface area contributed by atoms with Gasteiger partial charge in [0.15, 0.2) is 5.13 Å². The van der Waals surface area contributed by atoms with Crippen molar-refractivity contribution in [2.75, 3.05) is 5.32 Å². The van der Waals surface area contributed by atoms with Gasteiger partial charge in [0.1, 0.15) is 0 Å². The first kappa shape index (κ1) is 17.7. The Balaban J connectivity index is 1.46. The second-order valence-electron chi connectivity index (χ2n) is 6.89. The van der Waals surface area contributed by atoms with Crippen molar-refractivity contribution in [1.82, 2.24) is 10.3 Å². The van der Waals surface area contributed by atoms with E-state index in [2.05, 4.69) is 33.8 Å². The van der Waals surface area contributed by atoms with Crippen LogP contribution in [0.1, 0.15) is 42.5 Å². The SMILES string of the molecule is CC(=O)Nc1nc2ccc(CC(=O)N[C@H]3CCCc4ccccc43)cc2s1. The summed E-state index contributed by atoms with van der Waals surface area (Å²) in [7, 11) is 0. The number of nitrogens with zero attached hydrogens (tertiary/aromatic N) is 1. The van der Waals surface area contributed by atoms with E-state index in [1.807, 2.05) is 24.3 Å². The highest BCUT2D eigenvalue weighted by molar-refractivity contribution is 7.22. The molecule has 1 atom stereocenters. The summed E-state index contributed by atoms with van der Waals surface area (Å²) >= 11 is 1.42. The summed E-state index contributed by atoms with van der Waals surface area (Å²) < 4.78 is 0.965. The van der Waals surface area contributed by atoms with E-state index in [9.17, 15) is 9.59 Å². The number of aryl methyl sites for hydroxylation is 1. The fourth-order valence-corrected chi connectivity index (χ4v) is 4.59. The molecule has 27 heavy (non-hydrogen) atoms. The first-order valence-electron chi connectivity index (χ1n) is 9.13. The van der Waals surface area contributed by atoms with E-state index in [4.69, 9.17) is 0 Å². The molecule has 5 nitrogen and oxygen atoms in total. The molecule has 2 amide bonds. The Morgan fingerprint density at radius 3 is 2.93 bits per heavy atom. The van der Waals surface area contributed by atoms with E-state index in [-0.39, 0.29) is 17.9 Å². The molecule has 1 aromatic heterocycles. The molecule has 0 unspecified atom stereocenters. The molecule has 4 rings (SSSR count). The second kappa shape index (κ2) is 7.48. The quantitative estimate of drug-likeness (QED) is 0.720. The van der Waals surface area contributed by atoms with E-state index in [1.165, 1.54) is 29.4 Å². The second-order valence-corrected chi connectivity index (χ2v) is 7.92. The van der Waals surface area contributed by atoms with Crippen LogP contribution in [-0.4, -0.2) is 16.8 Å². The fraction of sp³-hybridized carbons (Fsp3) is 0.286. The van der Waals surface area contributed by atoms with Gasteiger partial charge in [-0.3, -0.25) is 9.59 Å². The summed E-state index contributed by atoms with van der Waals surface area (Å²) in [5.41, 5.74) is 4.36. The van der Waals surface area contributed by atoms with Crippen LogP contribution in [0.25, 0.3) is 10.2 Å². The van der Waals surface area contributed by atoms with E-state index < -0.39 is 0 Å². The Hall–Kier alpha value is -2.73. The minimum atomic E-state index is -0.138. The van der Waals surface area contributed by atoms with Gasteiger partial charge in [-0.15, -0.1) is 0 Å². The van der Waals surface area contributed by atoms with Gasteiger partial charge in [0, 0.05) is 6.92 Å². The van der Waals surface area contributed by atoms with Gasteiger partial charge in [-0.05, 0) is 48.1 Å². The Bertz CT molecular complexity index is 1010. The number of hydrogen-bond acceptors (Lipinski definition) is 4. The molecule has 0 bridgehead atoms. The summed E-state index contributed by atoms with van der Waals surface area (Å²) in [4.78, 5) is 28.2. The van der Waals surface area contributed by atoms with Crippen molar-refractivity contribution in [1.29, 1.82) is 0 Å². The number of rotatable bonds is 4. The van der Waals surface area contributed by atoms with Crippen LogP contribution in [-0.2, 0) is 22.4 Å². The van der Waals surface area contributed by atoms with Crippen molar-refractivity contribution in [3.8, 4) is 0 Å². The molecule has 2 aromatic carbocycles. The molecule has 0 saturated heterocycles. The van der Waals surface area contributed by atoms with Crippen molar-refractivity contribution in [2.24, 2.45) is 0 Å². The summed E-state index contributed by atoms with van der Waals surface area (Å²) in [5.74, 6) is -0.107. The van der Waals surface area contributed by atoms with Crippen LogP contribution >= 0.6 is 11.3 Å². The number of carbonyl (C=O) groups excluding carboxylic acids is 2. The van der Waals surface area contributed by atoms with Gasteiger partial charge in [0.05, 0.1) is 22.7 Å². The normalized spacial score (nSPS) is 16.0. The van der Waals surface area contributed by atoms with Gasteiger partial charge in [0.2, 0.25) is 11.8 Å². The van der Waals surface area contributed by atoms with Crippen molar-refractivity contribution in [2.45, 2.75) is 38.6 Å². The van der Waals surface area contributed by atoms with Crippen LogP contribution in [0.5, 0.6) is 0 Å². The first-order valence-corrected chi connectivity index (χ1v) is 9.94. The molecule has 1 heterocycles. The average molecular weight is 379 g/mol. The molecule has 1 aliphatic rings. The zero-order chi connectivity index (χ0) is 18.8. The standard InChI is InChI=1S/C21H21N3O2S/c1-13(25)22-21-24-18-10-9-14(11-19(18)27-21)12-20(26)23-17-8-4-6-15-5-2-3-7-16(15)17/h2-3,5,7,9-11,17H,4,6,8,12H2,1H3,(H,23,26)(H,22,24,25)/t17-/m0/s1. The number of anilines is 1. The fourth-order valence-electron chi connectivity index (χ4n) is 3.62. The molecular formula is C21H21N3O2S. The van der Waals surface area contributed by atoms with Gasteiger partial charge in [-0.2, -0.15) is 0 Å². The number of fused-ring (bicyclic) bond motifs is 2. The monoisotopic (exact) mass is 379 g/mol. The lowest BCUT2D eigenvalue weighted by atomic mass is 9.87. The summed E-state index contributed by atoms with van der Waals surface area (Å²) in [5, 5.41) is 6.48. The minimum Gasteiger partial charge on any atom is -0.349 e. The van der Waals surface area contributed by atoms with Crippen molar-refractivity contribution < 1.29 is 9.59 Å². The Morgan fingerprint density at radius 2 is 2.07 bits per heavy atom. The summed E-state index contributed by atoms with van der Waals surface area (Å²) in [6.07, 6.45) is 3.50. The lowest BCUT2D eigenvalue weighted by molar-refractivity contribution is -0.121. The number of amides is 2. The van der Waals surface area contributed by atoms with Gasteiger partial charge in [0.25, 0.3) is 0 Å². The maximum Gasteiger partial charge on any atom is 0.224 e. The Morgan fingerprint density at radius 1 is 1.22 bits per heavy atom. The van der Waals surface area contributed by atoms with Crippen molar-refractivity contribution in [3.63, 3.8) is 0 Å². The molecule has 0 radical (unpaired) electrons.